The van der Waals surface area contributed by atoms with Crippen molar-refractivity contribution in [1.82, 2.24) is 25.3 Å². The van der Waals surface area contributed by atoms with Crippen LogP contribution in [0.25, 0.3) is 5.82 Å². The number of urea groups is 1. The van der Waals surface area contributed by atoms with Crippen molar-refractivity contribution >= 4 is 23.3 Å². The molecule has 2 heterocycles. The Morgan fingerprint density at radius 2 is 1.83 bits per heavy atom. The van der Waals surface area contributed by atoms with E-state index in [1.165, 1.54) is 23.0 Å². The van der Waals surface area contributed by atoms with Crippen LogP contribution in [0.2, 0.25) is 0 Å². The molecule has 0 radical (unpaired) electrons. The maximum absolute atomic E-state index is 12.8. The summed E-state index contributed by atoms with van der Waals surface area (Å²) in [6.07, 6.45) is 1.43. The molecule has 1 aromatic carbocycles. The molecule has 29 heavy (non-hydrogen) atoms. The standard InChI is InChI=1S/C19H21N7O3/c1-4-20-19(29)23-15-7-5-6-14(11(15)2)22-18(28)13-10-21-26(12(13)3)16-8-9-17(27)25-24-16/h5-10H,4H2,1-3H3,(H,22,28)(H,25,27)(H2,20,23,29). The highest BCUT2D eigenvalue weighted by Crippen LogP contribution is 2.24. The Labute approximate surface area is 166 Å². The van der Waals surface area contributed by atoms with Crippen LogP contribution in [0, 0.1) is 13.8 Å². The quantitative estimate of drug-likeness (QED) is 0.524. The lowest BCUT2D eigenvalue weighted by Gasteiger charge is -2.13. The molecule has 0 spiro atoms. The van der Waals surface area contributed by atoms with Crippen molar-refractivity contribution in [3.05, 3.63) is 63.7 Å². The van der Waals surface area contributed by atoms with Gasteiger partial charge in [-0.2, -0.15) is 10.2 Å². The second kappa shape index (κ2) is 8.38. The number of nitrogens with zero attached hydrogens (tertiary/aromatic N) is 3. The van der Waals surface area contributed by atoms with Crippen LogP contribution in [0.5, 0.6) is 0 Å². The maximum atomic E-state index is 12.8. The van der Waals surface area contributed by atoms with Gasteiger partial charge in [0.15, 0.2) is 5.82 Å². The minimum absolute atomic E-state index is 0.315. The minimum atomic E-state index is -0.351. The number of hydrogen-bond donors (Lipinski definition) is 4. The summed E-state index contributed by atoms with van der Waals surface area (Å²) in [6.45, 7) is 5.87. The average Bonchev–Trinajstić information content (AvgIpc) is 3.07. The van der Waals surface area contributed by atoms with Crippen molar-refractivity contribution in [3.8, 4) is 5.82 Å². The maximum Gasteiger partial charge on any atom is 0.319 e. The van der Waals surface area contributed by atoms with E-state index >= 15 is 0 Å². The van der Waals surface area contributed by atoms with Crippen LogP contribution in [0.4, 0.5) is 16.2 Å². The molecule has 10 heteroatoms. The zero-order valence-corrected chi connectivity index (χ0v) is 16.2. The Hall–Kier alpha value is -3.95. The van der Waals surface area contributed by atoms with Gasteiger partial charge in [-0.15, -0.1) is 0 Å². The van der Waals surface area contributed by atoms with E-state index in [1.54, 1.807) is 32.0 Å². The SMILES string of the molecule is CCNC(=O)Nc1cccc(NC(=O)c2cnn(-c3ccc(=O)[nH]n3)c2C)c1C. The summed E-state index contributed by atoms with van der Waals surface area (Å²) in [7, 11) is 0. The van der Waals surface area contributed by atoms with Gasteiger partial charge in [-0.05, 0) is 44.5 Å². The molecule has 3 rings (SSSR count). The van der Waals surface area contributed by atoms with E-state index in [0.717, 1.165) is 5.56 Å². The van der Waals surface area contributed by atoms with Gasteiger partial charge in [0, 0.05) is 24.0 Å². The number of rotatable bonds is 5. The van der Waals surface area contributed by atoms with Gasteiger partial charge in [0.1, 0.15) is 0 Å². The molecule has 0 aliphatic carbocycles. The molecule has 0 saturated carbocycles. The molecule has 0 fully saturated rings. The summed E-state index contributed by atoms with van der Waals surface area (Å²) in [5.41, 5.74) is 2.49. The molecule has 3 aromatic rings. The normalized spacial score (nSPS) is 10.4. The van der Waals surface area contributed by atoms with Gasteiger partial charge in [-0.25, -0.2) is 14.6 Å². The van der Waals surface area contributed by atoms with E-state index in [4.69, 9.17) is 0 Å². The van der Waals surface area contributed by atoms with E-state index in [-0.39, 0.29) is 17.5 Å². The zero-order chi connectivity index (χ0) is 21.0. The van der Waals surface area contributed by atoms with E-state index in [2.05, 4.69) is 31.2 Å². The molecule has 0 atom stereocenters. The smallest absolute Gasteiger partial charge is 0.319 e. The first-order valence-electron chi connectivity index (χ1n) is 8.97. The van der Waals surface area contributed by atoms with Crippen molar-refractivity contribution in [2.75, 3.05) is 17.2 Å². The summed E-state index contributed by atoms with van der Waals surface area (Å²) >= 11 is 0. The van der Waals surface area contributed by atoms with Crippen LogP contribution < -0.4 is 21.5 Å². The predicted octanol–water partition coefficient (Wildman–Crippen LogP) is 1.97. The highest BCUT2D eigenvalue weighted by molar-refractivity contribution is 6.06. The topological polar surface area (TPSA) is 134 Å². The molecule has 0 aliphatic rings. The molecule has 0 aliphatic heterocycles. The number of aromatic nitrogens is 4. The Morgan fingerprint density at radius 1 is 1.10 bits per heavy atom. The van der Waals surface area contributed by atoms with Crippen molar-refractivity contribution < 1.29 is 9.59 Å². The highest BCUT2D eigenvalue weighted by atomic mass is 16.2. The van der Waals surface area contributed by atoms with Crippen LogP contribution in [-0.4, -0.2) is 38.5 Å². The number of amides is 3. The molecule has 0 unspecified atom stereocenters. The second-order valence-corrected chi connectivity index (χ2v) is 6.25. The first-order valence-corrected chi connectivity index (χ1v) is 8.97. The molecular formula is C19H21N7O3. The summed E-state index contributed by atoms with van der Waals surface area (Å²) in [5.74, 6) is 0.0434. The number of carbonyl (C=O) groups is 2. The van der Waals surface area contributed by atoms with E-state index in [1.807, 2.05) is 6.92 Å². The second-order valence-electron chi connectivity index (χ2n) is 6.25. The highest BCUT2D eigenvalue weighted by Gasteiger charge is 2.17. The molecule has 0 bridgehead atoms. The zero-order valence-electron chi connectivity index (χ0n) is 16.2. The van der Waals surface area contributed by atoms with Crippen LogP contribution in [-0.2, 0) is 0 Å². The Kier molecular flexibility index (Phi) is 5.72. The Bertz CT molecular complexity index is 1100. The van der Waals surface area contributed by atoms with Gasteiger partial charge in [-0.3, -0.25) is 9.59 Å². The largest absolute Gasteiger partial charge is 0.338 e. The summed E-state index contributed by atoms with van der Waals surface area (Å²) in [5, 5.41) is 18.7. The van der Waals surface area contributed by atoms with Crippen LogP contribution in [0.15, 0.2) is 41.3 Å². The monoisotopic (exact) mass is 395 g/mol. The average molecular weight is 395 g/mol. The fraction of sp³-hybridized carbons (Fsp3) is 0.211. The van der Waals surface area contributed by atoms with Crippen molar-refractivity contribution in [2.24, 2.45) is 0 Å². The third-order valence-corrected chi connectivity index (χ3v) is 4.30. The number of anilines is 2. The van der Waals surface area contributed by atoms with Gasteiger partial charge in [0.05, 0.1) is 17.5 Å². The lowest BCUT2D eigenvalue weighted by molar-refractivity contribution is 0.102. The summed E-state index contributed by atoms with van der Waals surface area (Å²) in [4.78, 5) is 35.7. The van der Waals surface area contributed by atoms with Crippen LogP contribution in [0.3, 0.4) is 0 Å². The van der Waals surface area contributed by atoms with Crippen molar-refractivity contribution in [3.63, 3.8) is 0 Å². The summed E-state index contributed by atoms with van der Waals surface area (Å²) < 4.78 is 1.46. The first-order chi connectivity index (χ1) is 13.9. The van der Waals surface area contributed by atoms with Gasteiger partial charge in [-0.1, -0.05) is 6.07 Å². The number of hydrogen-bond acceptors (Lipinski definition) is 5. The number of nitrogens with one attached hydrogen (secondary N) is 4. The molecule has 3 amide bonds. The fourth-order valence-corrected chi connectivity index (χ4v) is 2.74. The lowest BCUT2D eigenvalue weighted by Crippen LogP contribution is -2.28. The number of H-pyrrole nitrogens is 1. The van der Waals surface area contributed by atoms with Gasteiger partial charge in [0.25, 0.3) is 11.5 Å². The Balaban J connectivity index is 1.81. The molecular weight excluding hydrogens is 374 g/mol. The Morgan fingerprint density at radius 3 is 2.48 bits per heavy atom. The van der Waals surface area contributed by atoms with Crippen LogP contribution in [0.1, 0.15) is 28.5 Å². The summed E-state index contributed by atoms with van der Waals surface area (Å²) in [6, 6.07) is 7.78. The van der Waals surface area contributed by atoms with Gasteiger partial charge >= 0.3 is 6.03 Å². The predicted molar refractivity (Wildman–Crippen MR) is 109 cm³/mol. The van der Waals surface area contributed by atoms with Gasteiger partial charge in [0.2, 0.25) is 0 Å². The van der Waals surface area contributed by atoms with Crippen LogP contribution >= 0.6 is 0 Å². The third kappa shape index (κ3) is 4.32. The number of aromatic amines is 1. The third-order valence-electron chi connectivity index (χ3n) is 4.30. The van der Waals surface area contributed by atoms with Crippen molar-refractivity contribution in [2.45, 2.75) is 20.8 Å². The number of benzene rings is 1. The lowest BCUT2D eigenvalue weighted by atomic mass is 10.1. The van der Waals surface area contributed by atoms with E-state index in [0.29, 0.717) is 35.0 Å². The number of carbonyl (C=O) groups excluding carboxylic acids is 2. The molecule has 4 N–H and O–H groups in total. The first kappa shape index (κ1) is 19.8. The minimum Gasteiger partial charge on any atom is -0.338 e. The molecule has 0 saturated heterocycles. The van der Waals surface area contributed by atoms with E-state index in [9.17, 15) is 14.4 Å². The van der Waals surface area contributed by atoms with Crippen molar-refractivity contribution in [1.29, 1.82) is 0 Å². The molecule has 10 nitrogen and oxygen atoms in total. The molecule has 2 aromatic heterocycles. The van der Waals surface area contributed by atoms with Gasteiger partial charge < -0.3 is 16.0 Å². The van der Waals surface area contributed by atoms with E-state index < -0.39 is 0 Å². The molecule has 150 valence electrons. The fourth-order valence-electron chi connectivity index (χ4n) is 2.74.